The summed E-state index contributed by atoms with van der Waals surface area (Å²) in [5, 5.41) is 3.13. The predicted octanol–water partition coefficient (Wildman–Crippen LogP) is 1.47. The second kappa shape index (κ2) is 4.97. The Labute approximate surface area is 113 Å². The summed E-state index contributed by atoms with van der Waals surface area (Å²) in [4.78, 5) is 24.5. The van der Waals surface area contributed by atoms with E-state index in [-0.39, 0.29) is 18.4 Å². The van der Waals surface area contributed by atoms with Crippen LogP contribution in [0.1, 0.15) is 13.3 Å². The number of nitrogens with two attached hydrogens (primary N) is 1. The zero-order chi connectivity index (χ0) is 13.3. The lowest BCUT2D eigenvalue weighted by atomic mass is 10.1. The van der Waals surface area contributed by atoms with E-state index in [9.17, 15) is 9.59 Å². The number of carbonyl (C=O) groups excluding carboxylic acids is 2. The maximum absolute atomic E-state index is 12.1. The average Bonchev–Trinajstić information content (AvgIpc) is 2.29. The Morgan fingerprint density at radius 2 is 2.28 bits per heavy atom. The van der Waals surface area contributed by atoms with Crippen LogP contribution in [0.4, 0.5) is 11.4 Å². The summed E-state index contributed by atoms with van der Waals surface area (Å²) < 4.78 is 0.935. The Hall–Kier alpha value is -1.56. The number of halogens is 1. The van der Waals surface area contributed by atoms with Crippen LogP contribution in [-0.4, -0.2) is 24.4 Å². The van der Waals surface area contributed by atoms with E-state index in [1.54, 1.807) is 11.8 Å². The number of nitrogens with one attached hydrogen (secondary N) is 1. The molecule has 0 radical (unpaired) electrons. The van der Waals surface area contributed by atoms with Gasteiger partial charge in [0.1, 0.15) is 6.04 Å². The first-order valence-corrected chi connectivity index (χ1v) is 6.44. The van der Waals surface area contributed by atoms with Gasteiger partial charge in [-0.15, -0.1) is 0 Å². The van der Waals surface area contributed by atoms with Crippen molar-refractivity contribution >= 4 is 39.1 Å². The third kappa shape index (κ3) is 2.48. The number of benzene rings is 1. The van der Waals surface area contributed by atoms with Gasteiger partial charge in [0, 0.05) is 17.4 Å². The molecule has 0 bridgehead atoms. The molecule has 1 atom stereocenters. The molecule has 5 nitrogen and oxygen atoms in total. The fourth-order valence-electron chi connectivity index (χ4n) is 1.96. The van der Waals surface area contributed by atoms with E-state index in [2.05, 4.69) is 21.2 Å². The maximum Gasteiger partial charge on any atom is 0.249 e. The van der Waals surface area contributed by atoms with Crippen molar-refractivity contribution in [2.75, 3.05) is 16.8 Å². The quantitative estimate of drug-likeness (QED) is 0.887. The molecule has 1 aromatic rings. The minimum atomic E-state index is -0.410. The summed E-state index contributed by atoms with van der Waals surface area (Å²) in [6.45, 7) is 2.11. The highest BCUT2D eigenvalue weighted by atomic mass is 79.9. The van der Waals surface area contributed by atoms with Crippen LogP contribution in [0.15, 0.2) is 22.7 Å². The summed E-state index contributed by atoms with van der Waals surface area (Å²) in [5.74, 6) is -0.460. The molecule has 0 saturated heterocycles. The van der Waals surface area contributed by atoms with Gasteiger partial charge in [-0.05, 0) is 25.1 Å². The lowest BCUT2D eigenvalue weighted by molar-refractivity contribution is -0.119. The van der Waals surface area contributed by atoms with Crippen LogP contribution < -0.4 is 16.0 Å². The first-order valence-electron chi connectivity index (χ1n) is 5.65. The lowest BCUT2D eigenvalue weighted by Crippen LogP contribution is -2.46. The molecule has 3 N–H and O–H groups in total. The molecular formula is C12H14BrN3O2. The molecule has 2 rings (SSSR count). The highest BCUT2D eigenvalue weighted by Crippen LogP contribution is 2.33. The Morgan fingerprint density at radius 3 is 2.94 bits per heavy atom. The van der Waals surface area contributed by atoms with Crippen LogP contribution in [0.5, 0.6) is 0 Å². The number of anilines is 2. The van der Waals surface area contributed by atoms with E-state index in [4.69, 9.17) is 5.73 Å². The molecule has 96 valence electrons. The van der Waals surface area contributed by atoms with Gasteiger partial charge in [-0.3, -0.25) is 9.59 Å². The molecular weight excluding hydrogens is 298 g/mol. The predicted molar refractivity (Wildman–Crippen MR) is 73.4 cm³/mol. The number of primary amides is 1. The van der Waals surface area contributed by atoms with E-state index >= 15 is 0 Å². The maximum atomic E-state index is 12.1. The molecule has 0 spiro atoms. The van der Waals surface area contributed by atoms with Crippen molar-refractivity contribution in [1.82, 2.24) is 0 Å². The van der Waals surface area contributed by atoms with E-state index in [1.165, 1.54) is 0 Å². The lowest BCUT2D eigenvalue weighted by Gasteiger charge is -2.33. The number of nitrogens with zero attached hydrogens (tertiary/aromatic N) is 1. The molecule has 0 aliphatic carbocycles. The minimum absolute atomic E-state index is 0.0499. The summed E-state index contributed by atoms with van der Waals surface area (Å²) in [5.41, 5.74) is 6.79. The van der Waals surface area contributed by atoms with E-state index < -0.39 is 5.91 Å². The van der Waals surface area contributed by atoms with E-state index in [0.717, 1.165) is 15.8 Å². The molecule has 1 aliphatic rings. The zero-order valence-corrected chi connectivity index (χ0v) is 11.5. The van der Waals surface area contributed by atoms with Gasteiger partial charge in [0.15, 0.2) is 0 Å². The van der Waals surface area contributed by atoms with Crippen molar-refractivity contribution < 1.29 is 9.59 Å². The van der Waals surface area contributed by atoms with Crippen molar-refractivity contribution in [3.63, 3.8) is 0 Å². The van der Waals surface area contributed by atoms with Gasteiger partial charge in [-0.25, -0.2) is 0 Å². The van der Waals surface area contributed by atoms with Gasteiger partial charge >= 0.3 is 0 Å². The molecule has 18 heavy (non-hydrogen) atoms. The third-order valence-electron chi connectivity index (χ3n) is 2.84. The van der Waals surface area contributed by atoms with Crippen LogP contribution in [0.3, 0.4) is 0 Å². The Morgan fingerprint density at radius 1 is 1.56 bits per heavy atom. The molecule has 6 heteroatoms. The Balaban J connectivity index is 2.33. The Kier molecular flexibility index (Phi) is 3.56. The number of rotatable bonds is 3. The van der Waals surface area contributed by atoms with E-state index in [0.29, 0.717) is 6.54 Å². The monoisotopic (exact) mass is 311 g/mol. The van der Waals surface area contributed by atoms with Crippen molar-refractivity contribution in [3.05, 3.63) is 22.7 Å². The Bertz CT molecular complexity index is 504. The van der Waals surface area contributed by atoms with Crippen molar-refractivity contribution in [2.24, 2.45) is 5.73 Å². The summed E-state index contributed by atoms with van der Waals surface area (Å²) >= 11 is 3.39. The number of fused-ring (bicyclic) bond motifs is 1. The molecule has 1 aromatic carbocycles. The fraction of sp³-hybridized carbons (Fsp3) is 0.333. The fourth-order valence-corrected chi connectivity index (χ4v) is 2.32. The highest BCUT2D eigenvalue weighted by molar-refractivity contribution is 9.10. The van der Waals surface area contributed by atoms with Crippen molar-refractivity contribution in [2.45, 2.75) is 19.4 Å². The average molecular weight is 312 g/mol. The summed E-state index contributed by atoms with van der Waals surface area (Å²) in [6.07, 6.45) is 0.161. The summed E-state index contributed by atoms with van der Waals surface area (Å²) in [7, 11) is 0. The first-order chi connectivity index (χ1) is 8.49. The normalized spacial score (nSPS) is 18.2. The van der Waals surface area contributed by atoms with Crippen molar-refractivity contribution in [3.8, 4) is 0 Å². The van der Waals surface area contributed by atoms with E-state index in [1.807, 2.05) is 18.2 Å². The van der Waals surface area contributed by atoms with Gasteiger partial charge in [0.25, 0.3) is 0 Å². The van der Waals surface area contributed by atoms with Crippen molar-refractivity contribution in [1.29, 1.82) is 0 Å². The van der Waals surface area contributed by atoms with Gasteiger partial charge in [-0.1, -0.05) is 15.9 Å². The summed E-state index contributed by atoms with van der Waals surface area (Å²) in [6, 6.07) is 5.31. The molecule has 2 amide bonds. The standard InChI is InChI=1S/C12H14BrN3O2/c1-7-12(18)16(5-4-11(14)17)10-3-2-8(13)6-9(10)15-7/h2-3,6-7,15H,4-5H2,1H3,(H2,14,17). The molecule has 0 aromatic heterocycles. The molecule has 0 fully saturated rings. The van der Waals surface area contributed by atoms with Gasteiger partial charge in [-0.2, -0.15) is 0 Å². The SMILES string of the molecule is CC1Nc2cc(Br)ccc2N(CCC(N)=O)C1=O. The second-order valence-corrected chi connectivity index (χ2v) is 5.15. The van der Waals surface area contributed by atoms with Gasteiger partial charge < -0.3 is 16.0 Å². The third-order valence-corrected chi connectivity index (χ3v) is 3.33. The van der Waals surface area contributed by atoms with Gasteiger partial charge in [0.2, 0.25) is 11.8 Å². The molecule has 1 unspecified atom stereocenters. The minimum Gasteiger partial charge on any atom is -0.372 e. The second-order valence-electron chi connectivity index (χ2n) is 4.23. The van der Waals surface area contributed by atoms with Crippen LogP contribution in [0.2, 0.25) is 0 Å². The van der Waals surface area contributed by atoms with Crippen LogP contribution in [-0.2, 0) is 9.59 Å². The highest BCUT2D eigenvalue weighted by Gasteiger charge is 2.29. The zero-order valence-electron chi connectivity index (χ0n) is 9.94. The van der Waals surface area contributed by atoms with Crippen LogP contribution >= 0.6 is 15.9 Å². The number of hydrogen-bond donors (Lipinski definition) is 2. The smallest absolute Gasteiger partial charge is 0.249 e. The number of hydrogen-bond acceptors (Lipinski definition) is 3. The van der Waals surface area contributed by atoms with Crippen LogP contribution in [0.25, 0.3) is 0 Å². The first kappa shape index (κ1) is 12.9. The number of amides is 2. The van der Waals surface area contributed by atoms with Gasteiger partial charge in [0.05, 0.1) is 11.4 Å². The molecule has 1 heterocycles. The molecule has 0 saturated carbocycles. The van der Waals surface area contributed by atoms with Crippen LogP contribution in [0, 0.1) is 0 Å². The molecule has 1 aliphatic heterocycles. The number of carbonyl (C=O) groups is 2. The topological polar surface area (TPSA) is 75.4 Å². The largest absolute Gasteiger partial charge is 0.372 e.